The molecule has 1 aromatic carbocycles. The van der Waals surface area contributed by atoms with Gasteiger partial charge in [-0.1, -0.05) is 0 Å². The van der Waals surface area contributed by atoms with Gasteiger partial charge in [-0.3, -0.25) is 19.5 Å². The lowest BCUT2D eigenvalue weighted by Crippen LogP contribution is -2.51. The van der Waals surface area contributed by atoms with Gasteiger partial charge in [0.2, 0.25) is 5.91 Å². The smallest absolute Gasteiger partial charge is 0.414 e. The first-order valence-electron chi connectivity index (χ1n) is 11.6. The molecule has 2 aliphatic heterocycles. The highest BCUT2D eigenvalue weighted by atomic mass is 19.1. The fourth-order valence-corrected chi connectivity index (χ4v) is 4.07. The lowest BCUT2D eigenvalue weighted by Gasteiger charge is -2.36. The van der Waals surface area contributed by atoms with Gasteiger partial charge in [0.1, 0.15) is 17.5 Å². The average Bonchev–Trinajstić information content (AvgIpc) is 3.30. The topological polar surface area (TPSA) is 146 Å². The van der Waals surface area contributed by atoms with E-state index in [1.54, 1.807) is 0 Å². The Morgan fingerprint density at radius 2 is 1.82 bits per heavy atom. The highest BCUT2D eigenvalue weighted by Crippen LogP contribution is 2.31. The summed E-state index contributed by atoms with van der Waals surface area (Å²) in [5.41, 5.74) is -0.217. The summed E-state index contributed by atoms with van der Waals surface area (Å²) in [7, 11) is 1.19. The number of ether oxygens (including phenoxy) is 2. The molecule has 2 N–H and O–H groups in total. The van der Waals surface area contributed by atoms with E-state index in [9.17, 15) is 19.2 Å². The first-order valence-corrected chi connectivity index (χ1v) is 11.6. The molecule has 0 spiro atoms. The van der Waals surface area contributed by atoms with Gasteiger partial charge in [0.05, 0.1) is 38.6 Å². The first kappa shape index (κ1) is 26.5. The number of nitrogens with one attached hydrogen (secondary N) is 2. The van der Waals surface area contributed by atoms with Gasteiger partial charge in [0.15, 0.2) is 11.6 Å². The number of amides is 4. The highest BCUT2D eigenvalue weighted by molar-refractivity contribution is 5.94. The third kappa shape index (κ3) is 6.04. The van der Waals surface area contributed by atoms with Crippen LogP contribution in [0.2, 0.25) is 0 Å². The molecule has 13 nitrogen and oxygen atoms in total. The molecule has 1 atom stereocenters. The first-order chi connectivity index (χ1) is 18.3. The van der Waals surface area contributed by atoms with E-state index in [2.05, 4.69) is 25.3 Å². The van der Waals surface area contributed by atoms with Crippen LogP contribution in [0, 0.1) is 11.6 Å². The second-order valence-corrected chi connectivity index (χ2v) is 8.39. The third-order valence-electron chi connectivity index (χ3n) is 5.99. The molecule has 0 aliphatic carbocycles. The Labute approximate surface area is 215 Å². The minimum Gasteiger partial charge on any atom is -0.453 e. The number of aromatic nitrogens is 2. The van der Waals surface area contributed by atoms with Crippen LogP contribution < -0.4 is 20.4 Å². The van der Waals surface area contributed by atoms with Gasteiger partial charge in [-0.05, 0) is 0 Å². The van der Waals surface area contributed by atoms with E-state index in [0.717, 1.165) is 17.0 Å². The van der Waals surface area contributed by atoms with Crippen LogP contribution in [0.4, 0.5) is 29.7 Å². The standard InChI is InChI=1S/C23H25F2N7O6/c1-37-22(35)29-10-15-13-32(23(36)38-15)14-8-16(24)20(17(25)9-14)31-6-4-30(5-7-31)19(33)12-28-21(34)18-11-26-2-3-27-18/h2-3,8-9,11,15H,4-7,10,12-13H2,1H3,(H,28,34)(H,29,35)/t15-/m0/s1. The molecule has 4 amide bonds. The lowest BCUT2D eigenvalue weighted by molar-refractivity contribution is -0.130. The zero-order valence-electron chi connectivity index (χ0n) is 20.4. The predicted octanol–water partition coefficient (Wildman–Crippen LogP) is 0.515. The molecule has 4 rings (SSSR count). The van der Waals surface area contributed by atoms with Crippen LogP contribution in [0.1, 0.15) is 10.5 Å². The zero-order chi connectivity index (χ0) is 27.2. The summed E-state index contributed by atoms with van der Waals surface area (Å²) in [5, 5.41) is 4.88. The summed E-state index contributed by atoms with van der Waals surface area (Å²) in [4.78, 5) is 59.7. The Balaban J connectivity index is 1.32. The molecule has 2 saturated heterocycles. The Hall–Kier alpha value is -4.56. The molecule has 1 aromatic heterocycles. The van der Waals surface area contributed by atoms with E-state index in [1.807, 2.05) is 0 Å². The summed E-state index contributed by atoms with van der Waals surface area (Å²) in [6.07, 6.45) is 1.84. The van der Waals surface area contributed by atoms with Gasteiger partial charge >= 0.3 is 12.2 Å². The maximum absolute atomic E-state index is 15.0. The van der Waals surface area contributed by atoms with E-state index in [-0.39, 0.29) is 68.8 Å². The van der Waals surface area contributed by atoms with Crippen molar-refractivity contribution in [1.29, 1.82) is 0 Å². The number of anilines is 2. The fraction of sp³-hybridized carbons (Fsp3) is 0.391. The van der Waals surface area contributed by atoms with Gasteiger partial charge in [-0.25, -0.2) is 23.4 Å². The van der Waals surface area contributed by atoms with Crippen LogP contribution in [0.5, 0.6) is 0 Å². The van der Waals surface area contributed by atoms with Crippen molar-refractivity contribution in [1.82, 2.24) is 25.5 Å². The SMILES string of the molecule is COC(=O)NC[C@H]1CN(c2cc(F)c(N3CCN(C(=O)CNC(=O)c4cnccn4)CC3)c(F)c2)C(=O)O1. The predicted molar refractivity (Wildman–Crippen MR) is 128 cm³/mol. The molecule has 38 heavy (non-hydrogen) atoms. The van der Waals surface area contributed by atoms with Gasteiger partial charge in [0, 0.05) is 50.7 Å². The van der Waals surface area contributed by atoms with E-state index in [0.29, 0.717) is 0 Å². The summed E-state index contributed by atoms with van der Waals surface area (Å²) in [5.74, 6) is -2.64. The van der Waals surface area contributed by atoms with Crippen molar-refractivity contribution in [3.05, 3.63) is 48.1 Å². The maximum Gasteiger partial charge on any atom is 0.414 e. The molecule has 2 aliphatic rings. The zero-order valence-corrected chi connectivity index (χ0v) is 20.4. The van der Waals surface area contributed by atoms with Crippen molar-refractivity contribution < 1.29 is 37.4 Å². The minimum absolute atomic E-state index is 0.0186. The van der Waals surface area contributed by atoms with Gasteiger partial charge in [-0.15, -0.1) is 0 Å². The number of alkyl carbamates (subject to hydrolysis) is 1. The number of piperazine rings is 1. The number of halogens is 2. The summed E-state index contributed by atoms with van der Waals surface area (Å²) in [6.45, 7) is 0.394. The number of methoxy groups -OCH3 is 1. The number of hydrogen-bond donors (Lipinski definition) is 2. The van der Waals surface area contributed by atoms with Gasteiger partial charge in [0.25, 0.3) is 5.91 Å². The van der Waals surface area contributed by atoms with Crippen molar-refractivity contribution in [2.45, 2.75) is 6.10 Å². The molecule has 2 fully saturated rings. The quantitative estimate of drug-likeness (QED) is 0.520. The van der Waals surface area contributed by atoms with E-state index < -0.39 is 35.8 Å². The van der Waals surface area contributed by atoms with E-state index in [4.69, 9.17) is 4.74 Å². The van der Waals surface area contributed by atoms with Crippen LogP contribution in [-0.2, 0) is 14.3 Å². The highest BCUT2D eigenvalue weighted by Gasteiger charge is 2.34. The summed E-state index contributed by atoms with van der Waals surface area (Å²) in [6, 6.07) is 2.07. The molecular weight excluding hydrogens is 508 g/mol. The molecule has 0 unspecified atom stereocenters. The van der Waals surface area contributed by atoms with Crippen LogP contribution in [-0.4, -0.2) is 97.9 Å². The van der Waals surface area contributed by atoms with Crippen molar-refractivity contribution in [3.63, 3.8) is 0 Å². The monoisotopic (exact) mass is 533 g/mol. The number of benzene rings is 1. The Morgan fingerprint density at radius 3 is 2.45 bits per heavy atom. The molecule has 15 heteroatoms. The Bertz CT molecular complexity index is 1190. The van der Waals surface area contributed by atoms with Crippen LogP contribution in [0.15, 0.2) is 30.7 Å². The molecule has 202 valence electrons. The molecule has 2 aromatic rings. The van der Waals surface area contributed by atoms with E-state index in [1.165, 1.54) is 35.5 Å². The number of nitrogens with zero attached hydrogens (tertiary/aromatic N) is 5. The number of hydrogen-bond acceptors (Lipinski definition) is 9. The molecule has 0 radical (unpaired) electrons. The second-order valence-electron chi connectivity index (χ2n) is 8.39. The third-order valence-corrected chi connectivity index (χ3v) is 5.99. The molecule has 0 bridgehead atoms. The van der Waals surface area contributed by atoms with E-state index >= 15 is 8.78 Å². The second kappa shape index (κ2) is 11.7. The summed E-state index contributed by atoms with van der Waals surface area (Å²) >= 11 is 0. The van der Waals surface area contributed by atoms with Crippen molar-refractivity contribution in [3.8, 4) is 0 Å². The molecule has 0 saturated carbocycles. The van der Waals surface area contributed by atoms with Crippen molar-refractivity contribution >= 4 is 35.4 Å². The Kier molecular flexibility index (Phi) is 8.13. The van der Waals surface area contributed by atoms with Crippen LogP contribution >= 0.6 is 0 Å². The number of cyclic esters (lactones) is 1. The van der Waals surface area contributed by atoms with Crippen LogP contribution in [0.25, 0.3) is 0 Å². The fourth-order valence-electron chi connectivity index (χ4n) is 4.07. The number of carbonyl (C=O) groups excluding carboxylic acids is 4. The molecular formula is C23H25F2N7O6. The summed E-state index contributed by atoms with van der Waals surface area (Å²) < 4.78 is 39.6. The number of rotatable bonds is 7. The average molecular weight is 533 g/mol. The Morgan fingerprint density at radius 1 is 1.11 bits per heavy atom. The maximum atomic E-state index is 15.0. The van der Waals surface area contributed by atoms with Crippen molar-refractivity contribution in [2.24, 2.45) is 0 Å². The number of carbonyl (C=O) groups is 4. The van der Waals surface area contributed by atoms with Crippen LogP contribution in [0.3, 0.4) is 0 Å². The normalized spacial score (nSPS) is 17.2. The van der Waals surface area contributed by atoms with Gasteiger partial charge in [-0.2, -0.15) is 0 Å². The van der Waals surface area contributed by atoms with Gasteiger partial charge < -0.3 is 29.9 Å². The largest absolute Gasteiger partial charge is 0.453 e. The lowest BCUT2D eigenvalue weighted by atomic mass is 10.2. The molecule has 3 heterocycles. The minimum atomic E-state index is -0.875. The van der Waals surface area contributed by atoms with Crippen molar-refractivity contribution in [2.75, 3.05) is 62.7 Å².